The molecule has 4 heteroatoms. The van der Waals surface area contributed by atoms with Crippen molar-refractivity contribution in [3.63, 3.8) is 0 Å². The Bertz CT molecular complexity index is 605. The molecular formula is C16H16ClNO2. The minimum absolute atomic E-state index is 0.0585. The predicted molar refractivity (Wildman–Crippen MR) is 79.5 cm³/mol. The summed E-state index contributed by atoms with van der Waals surface area (Å²) in [5.41, 5.74) is 8.47. The second-order valence-electron chi connectivity index (χ2n) is 4.89. The maximum absolute atomic E-state index is 6.32. The molecule has 2 aromatic carbocycles. The Morgan fingerprint density at radius 2 is 2.10 bits per heavy atom. The maximum Gasteiger partial charge on any atom is 0.137 e. The SMILES string of the molecule is COc1ccc(C(N)C2Cc3ccccc3O2)cc1Cl. The molecule has 20 heavy (non-hydrogen) atoms. The second-order valence-corrected chi connectivity index (χ2v) is 5.30. The first-order valence-corrected chi connectivity index (χ1v) is 6.90. The fourth-order valence-electron chi connectivity index (χ4n) is 2.51. The van der Waals surface area contributed by atoms with Gasteiger partial charge in [-0.1, -0.05) is 35.9 Å². The average Bonchev–Trinajstić information content (AvgIpc) is 2.90. The number of halogens is 1. The van der Waals surface area contributed by atoms with Crippen LogP contribution in [0, 0.1) is 0 Å². The summed E-state index contributed by atoms with van der Waals surface area (Å²) < 4.78 is 11.1. The lowest BCUT2D eigenvalue weighted by Gasteiger charge is -2.20. The number of para-hydroxylation sites is 1. The molecular weight excluding hydrogens is 274 g/mol. The Kier molecular flexibility index (Phi) is 3.55. The molecule has 0 bridgehead atoms. The van der Waals surface area contributed by atoms with E-state index in [1.54, 1.807) is 7.11 Å². The van der Waals surface area contributed by atoms with Gasteiger partial charge in [0.15, 0.2) is 0 Å². The van der Waals surface area contributed by atoms with Crippen molar-refractivity contribution in [2.45, 2.75) is 18.6 Å². The van der Waals surface area contributed by atoms with Gasteiger partial charge in [-0.25, -0.2) is 0 Å². The van der Waals surface area contributed by atoms with Gasteiger partial charge in [-0.15, -0.1) is 0 Å². The third-order valence-electron chi connectivity index (χ3n) is 3.63. The molecule has 3 rings (SSSR count). The molecule has 0 amide bonds. The standard InChI is InChI=1S/C16H16ClNO2/c1-19-14-7-6-11(8-12(14)17)16(18)15-9-10-4-2-3-5-13(10)20-15/h2-8,15-16H,9,18H2,1H3. The molecule has 2 atom stereocenters. The quantitative estimate of drug-likeness (QED) is 0.942. The Morgan fingerprint density at radius 3 is 2.80 bits per heavy atom. The van der Waals surface area contributed by atoms with Crippen molar-refractivity contribution in [3.05, 3.63) is 58.6 Å². The summed E-state index contributed by atoms with van der Waals surface area (Å²) in [5, 5.41) is 0.566. The van der Waals surface area contributed by atoms with E-state index in [0.29, 0.717) is 10.8 Å². The van der Waals surface area contributed by atoms with Crippen molar-refractivity contribution in [2.24, 2.45) is 5.73 Å². The maximum atomic E-state index is 6.32. The van der Waals surface area contributed by atoms with Crippen LogP contribution in [0.3, 0.4) is 0 Å². The number of fused-ring (bicyclic) bond motifs is 1. The summed E-state index contributed by atoms with van der Waals surface area (Å²) in [7, 11) is 1.59. The minimum Gasteiger partial charge on any atom is -0.495 e. The Hall–Kier alpha value is -1.71. The van der Waals surface area contributed by atoms with Gasteiger partial charge in [0.25, 0.3) is 0 Å². The molecule has 1 aliphatic rings. The predicted octanol–water partition coefficient (Wildman–Crippen LogP) is 3.35. The Labute approximate surface area is 123 Å². The zero-order chi connectivity index (χ0) is 14.1. The average molecular weight is 290 g/mol. The van der Waals surface area contributed by atoms with E-state index in [1.165, 1.54) is 5.56 Å². The van der Waals surface area contributed by atoms with Crippen LogP contribution in [0.1, 0.15) is 17.2 Å². The van der Waals surface area contributed by atoms with E-state index in [9.17, 15) is 0 Å². The molecule has 104 valence electrons. The van der Waals surface area contributed by atoms with Crippen molar-refractivity contribution < 1.29 is 9.47 Å². The lowest BCUT2D eigenvalue weighted by Crippen LogP contribution is -2.29. The topological polar surface area (TPSA) is 44.5 Å². The molecule has 0 aliphatic carbocycles. The van der Waals surface area contributed by atoms with E-state index in [0.717, 1.165) is 17.7 Å². The van der Waals surface area contributed by atoms with Crippen LogP contribution >= 0.6 is 11.6 Å². The summed E-state index contributed by atoms with van der Waals surface area (Å²) in [5.74, 6) is 1.57. The van der Waals surface area contributed by atoms with Crippen LogP contribution in [-0.2, 0) is 6.42 Å². The number of nitrogens with two attached hydrogens (primary N) is 1. The van der Waals surface area contributed by atoms with Crippen LogP contribution in [0.4, 0.5) is 0 Å². The van der Waals surface area contributed by atoms with Crippen LogP contribution in [0.15, 0.2) is 42.5 Å². The van der Waals surface area contributed by atoms with Crippen LogP contribution < -0.4 is 15.2 Å². The van der Waals surface area contributed by atoms with Gasteiger partial charge in [0.2, 0.25) is 0 Å². The fourth-order valence-corrected chi connectivity index (χ4v) is 2.78. The summed E-state index contributed by atoms with van der Waals surface area (Å²) in [4.78, 5) is 0. The molecule has 1 aliphatic heterocycles. The molecule has 3 nitrogen and oxygen atoms in total. The van der Waals surface area contributed by atoms with Crippen molar-refractivity contribution in [1.82, 2.24) is 0 Å². The first-order chi connectivity index (χ1) is 9.69. The smallest absolute Gasteiger partial charge is 0.137 e. The molecule has 0 aromatic heterocycles. The van der Waals surface area contributed by atoms with E-state index in [4.69, 9.17) is 26.8 Å². The van der Waals surface area contributed by atoms with Gasteiger partial charge in [-0.2, -0.15) is 0 Å². The Balaban J connectivity index is 1.81. The van der Waals surface area contributed by atoms with Gasteiger partial charge in [0.05, 0.1) is 18.2 Å². The van der Waals surface area contributed by atoms with Crippen molar-refractivity contribution in [3.8, 4) is 11.5 Å². The minimum atomic E-state index is -0.217. The fraction of sp³-hybridized carbons (Fsp3) is 0.250. The van der Waals surface area contributed by atoms with Crippen LogP contribution in [0.2, 0.25) is 5.02 Å². The summed E-state index contributed by atoms with van der Waals surface area (Å²) in [6.45, 7) is 0. The molecule has 0 saturated carbocycles. The molecule has 2 aromatic rings. The largest absolute Gasteiger partial charge is 0.495 e. The highest BCUT2D eigenvalue weighted by atomic mass is 35.5. The van der Waals surface area contributed by atoms with Crippen molar-refractivity contribution >= 4 is 11.6 Å². The lowest BCUT2D eigenvalue weighted by molar-refractivity contribution is 0.199. The van der Waals surface area contributed by atoms with Gasteiger partial charge in [-0.3, -0.25) is 0 Å². The molecule has 0 spiro atoms. The van der Waals surface area contributed by atoms with Gasteiger partial charge in [-0.05, 0) is 29.3 Å². The number of benzene rings is 2. The Morgan fingerprint density at radius 1 is 1.30 bits per heavy atom. The zero-order valence-electron chi connectivity index (χ0n) is 11.2. The summed E-state index contributed by atoms with van der Waals surface area (Å²) in [6, 6.07) is 13.4. The molecule has 2 N–H and O–H groups in total. The monoisotopic (exact) mass is 289 g/mol. The summed E-state index contributed by atoms with van der Waals surface area (Å²) >= 11 is 6.15. The molecule has 0 fully saturated rings. The summed E-state index contributed by atoms with van der Waals surface area (Å²) in [6.07, 6.45) is 0.762. The molecule has 0 radical (unpaired) electrons. The highest BCUT2D eigenvalue weighted by Crippen LogP contribution is 2.34. The van der Waals surface area contributed by atoms with Crippen molar-refractivity contribution in [1.29, 1.82) is 0 Å². The number of rotatable bonds is 3. The number of hydrogen-bond donors (Lipinski definition) is 1. The van der Waals surface area contributed by atoms with E-state index >= 15 is 0 Å². The molecule has 0 saturated heterocycles. The van der Waals surface area contributed by atoms with Gasteiger partial charge >= 0.3 is 0 Å². The first-order valence-electron chi connectivity index (χ1n) is 6.52. The van der Waals surface area contributed by atoms with Gasteiger partial charge in [0, 0.05) is 6.42 Å². The third-order valence-corrected chi connectivity index (χ3v) is 3.93. The van der Waals surface area contributed by atoms with E-state index in [2.05, 4.69) is 6.07 Å². The van der Waals surface area contributed by atoms with E-state index in [-0.39, 0.29) is 12.1 Å². The lowest BCUT2D eigenvalue weighted by atomic mass is 9.98. The van der Waals surface area contributed by atoms with Crippen LogP contribution in [0.25, 0.3) is 0 Å². The number of hydrogen-bond acceptors (Lipinski definition) is 3. The van der Waals surface area contributed by atoms with Crippen LogP contribution in [-0.4, -0.2) is 13.2 Å². The highest BCUT2D eigenvalue weighted by Gasteiger charge is 2.29. The van der Waals surface area contributed by atoms with Gasteiger partial charge in [0.1, 0.15) is 17.6 Å². The second kappa shape index (κ2) is 5.35. The molecule has 2 unspecified atom stereocenters. The van der Waals surface area contributed by atoms with Crippen LogP contribution in [0.5, 0.6) is 11.5 Å². The normalized spacial score (nSPS) is 18.2. The van der Waals surface area contributed by atoms with E-state index in [1.807, 2.05) is 36.4 Å². The number of methoxy groups -OCH3 is 1. The highest BCUT2D eigenvalue weighted by molar-refractivity contribution is 6.32. The van der Waals surface area contributed by atoms with E-state index < -0.39 is 0 Å². The van der Waals surface area contributed by atoms with Gasteiger partial charge < -0.3 is 15.2 Å². The van der Waals surface area contributed by atoms with Crippen molar-refractivity contribution in [2.75, 3.05) is 7.11 Å². The first kappa shape index (κ1) is 13.3. The molecule has 1 heterocycles. The number of ether oxygens (including phenoxy) is 2. The third kappa shape index (κ3) is 2.35. The zero-order valence-corrected chi connectivity index (χ0v) is 11.9.